The number of allylic oxidation sites excluding steroid dienone is 1. The summed E-state index contributed by atoms with van der Waals surface area (Å²) >= 11 is 1.01. The first-order valence-corrected chi connectivity index (χ1v) is 4.57. The Morgan fingerprint density at radius 2 is 2.23 bits per heavy atom. The van der Waals surface area contributed by atoms with E-state index in [1.165, 1.54) is 0 Å². The molecule has 7 heteroatoms. The summed E-state index contributed by atoms with van der Waals surface area (Å²) in [5.41, 5.74) is -1.89. The monoisotopic (exact) mass is 212 g/mol. The van der Waals surface area contributed by atoms with Crippen molar-refractivity contribution in [3.63, 3.8) is 0 Å². The lowest BCUT2D eigenvalue weighted by Crippen LogP contribution is -2.32. The Labute approximate surface area is 76.9 Å². The number of rotatable bonds is 1. The number of thioether (sulfide) groups is 1. The number of halogens is 3. The van der Waals surface area contributed by atoms with Crippen LogP contribution in [0.25, 0.3) is 0 Å². The Morgan fingerprint density at radius 1 is 1.62 bits per heavy atom. The predicted molar refractivity (Wildman–Crippen MR) is 43.6 cm³/mol. The number of hydroxylamine groups is 2. The fraction of sp³-hybridized carbons (Fsp3) is 0.500. The molecule has 3 nitrogen and oxygen atoms in total. The van der Waals surface area contributed by atoms with E-state index < -0.39 is 17.4 Å². The van der Waals surface area contributed by atoms with Gasteiger partial charge >= 0.3 is 6.18 Å². The normalized spacial score (nSPS) is 23.3. The minimum atomic E-state index is -4.45. The van der Waals surface area contributed by atoms with E-state index in [1.807, 2.05) is 0 Å². The lowest BCUT2D eigenvalue weighted by Gasteiger charge is -2.23. The smallest absolute Gasteiger partial charge is 0.286 e. The van der Waals surface area contributed by atoms with Crippen molar-refractivity contribution >= 4 is 17.5 Å². The Morgan fingerprint density at radius 3 is 2.69 bits per heavy atom. The van der Waals surface area contributed by atoms with E-state index in [1.54, 1.807) is 6.26 Å². The molecule has 0 aromatic rings. The third-order valence-corrected chi connectivity index (χ3v) is 2.11. The molecule has 1 heterocycles. The first kappa shape index (κ1) is 10.4. The van der Waals surface area contributed by atoms with E-state index in [0.717, 1.165) is 24.0 Å². The second-order valence-corrected chi connectivity index (χ2v) is 3.16. The first-order chi connectivity index (χ1) is 5.95. The van der Waals surface area contributed by atoms with Crippen molar-refractivity contribution in [3.8, 4) is 0 Å². The molecule has 0 amide bonds. The summed E-state index contributed by atoms with van der Waals surface area (Å²) in [7, 11) is 0. The van der Waals surface area contributed by atoms with Crippen molar-refractivity contribution in [3.05, 3.63) is 12.3 Å². The van der Waals surface area contributed by atoms with Crippen LogP contribution in [0, 0.1) is 0 Å². The summed E-state index contributed by atoms with van der Waals surface area (Å²) in [6.07, 6.45) is -1.22. The van der Waals surface area contributed by atoms with E-state index in [4.69, 9.17) is 5.21 Å². The number of hydrogen-bond acceptors (Lipinski definition) is 4. The molecule has 13 heavy (non-hydrogen) atoms. The van der Waals surface area contributed by atoms with E-state index >= 15 is 0 Å². The van der Waals surface area contributed by atoms with Crippen molar-refractivity contribution in [1.82, 2.24) is 5.06 Å². The highest BCUT2D eigenvalue weighted by Crippen LogP contribution is 2.24. The van der Waals surface area contributed by atoms with Gasteiger partial charge in [-0.25, -0.2) is 10.1 Å². The molecule has 0 spiro atoms. The molecule has 0 aliphatic carbocycles. The highest BCUT2D eigenvalue weighted by molar-refractivity contribution is 7.99. The minimum absolute atomic E-state index is 0.625. The molecule has 74 valence electrons. The molecule has 0 saturated heterocycles. The van der Waals surface area contributed by atoms with Gasteiger partial charge in [-0.3, -0.25) is 5.21 Å². The highest BCUT2D eigenvalue weighted by atomic mass is 32.2. The summed E-state index contributed by atoms with van der Waals surface area (Å²) in [5, 5.41) is 9.63. The molecule has 1 atom stereocenters. The van der Waals surface area contributed by atoms with Crippen LogP contribution in [0.1, 0.15) is 0 Å². The quantitative estimate of drug-likeness (QED) is 0.720. The predicted octanol–water partition coefficient (Wildman–Crippen LogP) is 1.85. The van der Waals surface area contributed by atoms with Crippen LogP contribution in [0.2, 0.25) is 0 Å². The SMILES string of the molecule is CSC1N=C(C(F)(F)F)C=CN1O. The van der Waals surface area contributed by atoms with Crippen LogP contribution in [0.15, 0.2) is 17.3 Å². The van der Waals surface area contributed by atoms with Gasteiger partial charge in [-0.2, -0.15) is 13.2 Å². The van der Waals surface area contributed by atoms with Gasteiger partial charge in [0, 0.05) is 6.20 Å². The van der Waals surface area contributed by atoms with Crippen LogP contribution >= 0.6 is 11.8 Å². The van der Waals surface area contributed by atoms with Crippen molar-refractivity contribution in [2.45, 2.75) is 11.7 Å². The molecular weight excluding hydrogens is 205 g/mol. The van der Waals surface area contributed by atoms with Crippen molar-refractivity contribution in [2.24, 2.45) is 4.99 Å². The second-order valence-electron chi connectivity index (χ2n) is 2.27. The number of alkyl halides is 3. The first-order valence-electron chi connectivity index (χ1n) is 3.28. The molecule has 0 bridgehead atoms. The van der Waals surface area contributed by atoms with Crippen LogP contribution in [0.3, 0.4) is 0 Å². The van der Waals surface area contributed by atoms with Crippen LogP contribution in [0.5, 0.6) is 0 Å². The minimum Gasteiger partial charge on any atom is -0.286 e. The van der Waals surface area contributed by atoms with Crippen LogP contribution in [-0.2, 0) is 0 Å². The van der Waals surface area contributed by atoms with Crippen LogP contribution < -0.4 is 0 Å². The highest BCUT2D eigenvalue weighted by Gasteiger charge is 2.36. The van der Waals surface area contributed by atoms with Crippen molar-refractivity contribution in [1.29, 1.82) is 0 Å². The van der Waals surface area contributed by atoms with Gasteiger partial charge in [0.15, 0.2) is 5.50 Å². The summed E-state index contributed by atoms with van der Waals surface area (Å²) in [6, 6.07) is 0. The van der Waals surface area contributed by atoms with Gasteiger partial charge in [-0.15, -0.1) is 11.8 Å². The molecule has 0 radical (unpaired) electrons. The van der Waals surface area contributed by atoms with E-state index in [2.05, 4.69) is 4.99 Å². The molecule has 0 aromatic heterocycles. The maximum Gasteiger partial charge on any atom is 0.433 e. The Bertz CT molecular complexity index is 251. The second kappa shape index (κ2) is 3.59. The molecule has 0 aromatic carbocycles. The van der Waals surface area contributed by atoms with Gasteiger partial charge in [0.2, 0.25) is 0 Å². The van der Waals surface area contributed by atoms with E-state index in [0.29, 0.717) is 5.06 Å². The van der Waals surface area contributed by atoms with Crippen molar-refractivity contribution < 1.29 is 18.4 Å². The van der Waals surface area contributed by atoms with E-state index in [9.17, 15) is 13.2 Å². The fourth-order valence-corrected chi connectivity index (χ4v) is 1.28. The lowest BCUT2D eigenvalue weighted by molar-refractivity contribution is -0.0678. The molecular formula is C6H7F3N2OS. The van der Waals surface area contributed by atoms with Gasteiger partial charge in [0.25, 0.3) is 0 Å². The average molecular weight is 212 g/mol. The van der Waals surface area contributed by atoms with Crippen LogP contribution in [-0.4, -0.2) is 33.9 Å². The third-order valence-electron chi connectivity index (χ3n) is 1.36. The lowest BCUT2D eigenvalue weighted by atomic mass is 10.3. The number of hydrogen-bond donors (Lipinski definition) is 1. The van der Waals surface area contributed by atoms with Gasteiger partial charge in [0.05, 0.1) is 0 Å². The Kier molecular flexibility index (Phi) is 2.87. The summed E-state index contributed by atoms with van der Waals surface area (Å²) < 4.78 is 36.3. The van der Waals surface area contributed by atoms with Gasteiger partial charge in [-0.05, 0) is 12.3 Å². The maximum atomic E-state index is 12.1. The van der Waals surface area contributed by atoms with Gasteiger partial charge < -0.3 is 0 Å². The summed E-state index contributed by atoms with van der Waals surface area (Å²) in [6.45, 7) is 0. The zero-order chi connectivity index (χ0) is 10.1. The molecule has 1 unspecified atom stereocenters. The topological polar surface area (TPSA) is 35.8 Å². The largest absolute Gasteiger partial charge is 0.433 e. The fourth-order valence-electron chi connectivity index (χ4n) is 0.770. The number of aliphatic imine (C=N–C) groups is 1. The summed E-state index contributed by atoms with van der Waals surface area (Å²) in [4.78, 5) is 3.30. The summed E-state index contributed by atoms with van der Waals surface area (Å²) in [5.74, 6) is 0. The molecule has 0 saturated carbocycles. The molecule has 0 fully saturated rings. The van der Waals surface area contributed by atoms with Gasteiger partial charge in [-0.1, -0.05) is 0 Å². The molecule has 1 aliphatic heterocycles. The zero-order valence-corrected chi connectivity index (χ0v) is 7.43. The van der Waals surface area contributed by atoms with Gasteiger partial charge in [0.1, 0.15) is 5.71 Å². The number of nitrogens with zero attached hydrogens (tertiary/aromatic N) is 2. The standard InChI is InChI=1S/C6H7F3N2OS/c1-13-5-10-4(6(7,8)9)2-3-11(5)12/h2-3,5,12H,1H3. The maximum absolute atomic E-state index is 12.1. The zero-order valence-electron chi connectivity index (χ0n) is 6.62. The Balaban J connectivity index is 2.85. The molecule has 1 N–H and O–H groups in total. The average Bonchev–Trinajstić information content (AvgIpc) is 2.03. The van der Waals surface area contributed by atoms with Crippen molar-refractivity contribution in [2.75, 3.05) is 6.26 Å². The third kappa shape index (κ3) is 2.38. The Hall–Kier alpha value is -0.690. The van der Waals surface area contributed by atoms with Crippen LogP contribution in [0.4, 0.5) is 13.2 Å². The van der Waals surface area contributed by atoms with E-state index in [-0.39, 0.29) is 0 Å². The molecule has 1 rings (SSSR count). The molecule has 1 aliphatic rings.